The minimum absolute atomic E-state index is 0.0688. The molecule has 2 rings (SSSR count). The monoisotopic (exact) mass is 646 g/mol. The van der Waals surface area contributed by atoms with Crippen LogP contribution in [0.1, 0.15) is 127 Å². The maximum Gasteiger partial charge on any atom is 0.314 e. The lowest BCUT2D eigenvalue weighted by molar-refractivity contribution is -0.172. The van der Waals surface area contributed by atoms with Gasteiger partial charge in [0.25, 0.3) is 0 Å². The van der Waals surface area contributed by atoms with Gasteiger partial charge in [0.2, 0.25) is 0 Å². The van der Waals surface area contributed by atoms with E-state index in [1.165, 1.54) is 6.42 Å². The second kappa shape index (κ2) is 16.0. The molecule has 0 aromatic carbocycles. The number of esters is 1. The number of hydrogen-bond donors (Lipinski definition) is 3. The van der Waals surface area contributed by atoms with Gasteiger partial charge in [-0.3, -0.25) is 4.79 Å². The van der Waals surface area contributed by atoms with E-state index in [9.17, 15) is 20.1 Å². The molecule has 0 amide bonds. The predicted molar refractivity (Wildman–Crippen MR) is 182 cm³/mol. The Kier molecular flexibility index (Phi) is 15.2. The summed E-state index contributed by atoms with van der Waals surface area (Å²) >= 11 is 0. The van der Waals surface area contributed by atoms with Crippen molar-refractivity contribution in [1.29, 1.82) is 0 Å². The number of ether oxygens (including phenoxy) is 1. The van der Waals surface area contributed by atoms with Gasteiger partial charge in [-0.2, -0.15) is 0 Å². The van der Waals surface area contributed by atoms with Crippen molar-refractivity contribution in [1.82, 2.24) is 0 Å². The van der Waals surface area contributed by atoms with Crippen LogP contribution < -0.4 is 0 Å². The van der Waals surface area contributed by atoms with E-state index in [0.29, 0.717) is 19.4 Å². The SMILES string of the molecule is CCOC(=O)C1(C(O)[C@H](C)O[Si](C)(C)C(C)(C)C)CCCCC1.C[C@H](O[Si](C)(C)C(C)(C)C)C(O)C1(CO)CCCCC1. The lowest BCUT2D eigenvalue weighted by Gasteiger charge is -2.45. The summed E-state index contributed by atoms with van der Waals surface area (Å²) in [4.78, 5) is 12.6. The van der Waals surface area contributed by atoms with E-state index in [0.717, 1.165) is 44.9 Å². The van der Waals surface area contributed by atoms with E-state index in [-0.39, 0.29) is 40.3 Å². The zero-order valence-corrected chi connectivity index (χ0v) is 32.3. The van der Waals surface area contributed by atoms with Crippen LogP contribution in [0.25, 0.3) is 0 Å². The number of aliphatic hydroxyl groups is 3. The topological polar surface area (TPSA) is 105 Å². The molecule has 0 saturated heterocycles. The molecule has 43 heavy (non-hydrogen) atoms. The molecule has 2 saturated carbocycles. The fourth-order valence-electron chi connectivity index (χ4n) is 6.24. The highest BCUT2D eigenvalue weighted by molar-refractivity contribution is 6.74. The minimum Gasteiger partial charge on any atom is -0.465 e. The van der Waals surface area contributed by atoms with E-state index in [2.05, 4.69) is 67.7 Å². The standard InChI is InChI=1S/C18H36O4Si.C16H34O3Si/c1-8-21-16(20)18(12-10-9-11-13-18)15(19)14(2)22-23(6,7)17(3,4)5;1-13(19-20(5,6)15(2,3)4)14(18)16(12-17)10-8-7-9-11-16/h14-15,19H,8-13H2,1-7H3;13-14,17-18H,7-12H2,1-6H3/t14-,15?;13-,14?/m00/s1. The first-order valence-corrected chi connectivity index (χ1v) is 22.8. The van der Waals surface area contributed by atoms with Crippen LogP contribution in [0, 0.1) is 10.8 Å². The third kappa shape index (κ3) is 10.3. The predicted octanol–water partition coefficient (Wildman–Crippen LogP) is 7.97. The van der Waals surface area contributed by atoms with Crippen LogP contribution in [0.5, 0.6) is 0 Å². The van der Waals surface area contributed by atoms with E-state index in [1.54, 1.807) is 0 Å². The summed E-state index contributed by atoms with van der Waals surface area (Å²) in [6, 6.07) is 0. The Balaban J connectivity index is 0.000000434. The van der Waals surface area contributed by atoms with Gasteiger partial charge in [-0.15, -0.1) is 0 Å². The van der Waals surface area contributed by atoms with Gasteiger partial charge in [0.15, 0.2) is 16.6 Å². The smallest absolute Gasteiger partial charge is 0.314 e. The second-order valence-corrected chi connectivity index (χ2v) is 26.1. The fraction of sp³-hybridized carbons (Fsp3) is 0.971. The molecule has 4 atom stereocenters. The van der Waals surface area contributed by atoms with E-state index in [1.807, 2.05) is 20.8 Å². The van der Waals surface area contributed by atoms with Crippen LogP contribution in [-0.2, 0) is 18.4 Å². The maximum atomic E-state index is 12.6. The minimum atomic E-state index is -1.99. The summed E-state index contributed by atoms with van der Waals surface area (Å²) in [6.07, 6.45) is 7.72. The quantitative estimate of drug-likeness (QED) is 0.154. The molecule has 0 heterocycles. The first kappa shape index (κ1) is 40.7. The fourth-order valence-corrected chi connectivity index (χ4v) is 9.06. The molecule has 2 aliphatic rings. The third-order valence-electron chi connectivity index (χ3n) is 11.2. The van der Waals surface area contributed by atoms with Crippen LogP contribution in [0.4, 0.5) is 0 Å². The molecular weight excluding hydrogens is 577 g/mol. The van der Waals surface area contributed by atoms with Crippen LogP contribution in [0.2, 0.25) is 36.3 Å². The van der Waals surface area contributed by atoms with Gasteiger partial charge in [-0.05, 0) is 82.7 Å². The highest BCUT2D eigenvalue weighted by Crippen LogP contribution is 2.45. The number of carbonyl (C=O) groups is 1. The lowest BCUT2D eigenvalue weighted by atomic mass is 9.69. The summed E-state index contributed by atoms with van der Waals surface area (Å²) in [7, 11) is -3.87. The van der Waals surface area contributed by atoms with Crippen molar-refractivity contribution in [3.8, 4) is 0 Å². The van der Waals surface area contributed by atoms with Gasteiger partial charge in [-0.25, -0.2) is 0 Å². The first-order valence-electron chi connectivity index (χ1n) is 17.0. The molecule has 0 spiro atoms. The summed E-state index contributed by atoms with van der Waals surface area (Å²) < 4.78 is 18.0. The van der Waals surface area contributed by atoms with Crippen LogP contribution in [0.3, 0.4) is 0 Å². The molecule has 3 N–H and O–H groups in total. The zero-order valence-electron chi connectivity index (χ0n) is 30.3. The third-order valence-corrected chi connectivity index (χ3v) is 20.4. The van der Waals surface area contributed by atoms with Crippen molar-refractivity contribution in [2.24, 2.45) is 10.8 Å². The molecule has 2 unspecified atom stereocenters. The second-order valence-electron chi connectivity index (χ2n) is 16.6. The lowest BCUT2D eigenvalue weighted by Crippen LogP contribution is -2.54. The molecule has 9 heteroatoms. The molecule has 0 bridgehead atoms. The number of carbonyl (C=O) groups excluding carboxylic acids is 1. The average molecular weight is 647 g/mol. The van der Waals surface area contributed by atoms with Crippen molar-refractivity contribution < 1.29 is 33.7 Å². The summed E-state index contributed by atoms with van der Waals surface area (Å²) in [5, 5.41) is 31.8. The molecular formula is C34H70O7Si2. The number of rotatable bonds is 11. The Morgan fingerprint density at radius 2 is 1.09 bits per heavy atom. The Labute approximate surface area is 267 Å². The zero-order chi connectivity index (χ0) is 33.5. The Morgan fingerprint density at radius 3 is 1.44 bits per heavy atom. The van der Waals surface area contributed by atoms with Crippen molar-refractivity contribution in [3.05, 3.63) is 0 Å². The van der Waals surface area contributed by atoms with Gasteiger partial charge in [-0.1, -0.05) is 80.1 Å². The van der Waals surface area contributed by atoms with Crippen LogP contribution in [0.15, 0.2) is 0 Å². The van der Waals surface area contributed by atoms with Gasteiger partial charge in [0, 0.05) is 5.41 Å². The molecule has 0 aromatic rings. The van der Waals surface area contributed by atoms with Crippen LogP contribution >= 0.6 is 0 Å². The van der Waals surface area contributed by atoms with Crippen molar-refractivity contribution in [3.63, 3.8) is 0 Å². The Morgan fingerprint density at radius 1 is 0.721 bits per heavy atom. The molecule has 2 aliphatic carbocycles. The van der Waals surface area contributed by atoms with E-state index in [4.69, 9.17) is 13.6 Å². The summed E-state index contributed by atoms with van der Waals surface area (Å²) in [5.41, 5.74) is -1.14. The summed E-state index contributed by atoms with van der Waals surface area (Å²) in [5.74, 6) is -0.252. The molecule has 0 aliphatic heterocycles. The number of aliphatic hydroxyl groups excluding tert-OH is 3. The van der Waals surface area contributed by atoms with Gasteiger partial charge >= 0.3 is 5.97 Å². The molecule has 2 fully saturated rings. The first-order chi connectivity index (χ1) is 19.5. The molecule has 256 valence electrons. The average Bonchev–Trinajstić information content (AvgIpc) is 2.91. The van der Waals surface area contributed by atoms with Crippen molar-refractivity contribution >= 4 is 22.6 Å². The van der Waals surface area contributed by atoms with Gasteiger partial charge < -0.3 is 28.9 Å². The Bertz CT molecular complexity index is 835. The van der Waals surface area contributed by atoms with E-state index >= 15 is 0 Å². The van der Waals surface area contributed by atoms with Crippen molar-refractivity contribution in [2.75, 3.05) is 13.2 Å². The highest BCUT2D eigenvalue weighted by atomic mass is 28.4. The summed E-state index contributed by atoms with van der Waals surface area (Å²) in [6.45, 7) is 28.1. The number of hydrogen-bond acceptors (Lipinski definition) is 7. The molecule has 7 nitrogen and oxygen atoms in total. The molecule has 0 aromatic heterocycles. The largest absolute Gasteiger partial charge is 0.465 e. The van der Waals surface area contributed by atoms with Gasteiger partial charge in [0.05, 0.1) is 43.0 Å². The highest BCUT2D eigenvalue weighted by Gasteiger charge is 2.51. The van der Waals surface area contributed by atoms with Gasteiger partial charge in [0.1, 0.15) is 0 Å². The van der Waals surface area contributed by atoms with E-state index < -0.39 is 34.3 Å². The normalized spacial score (nSPS) is 22.4. The maximum absolute atomic E-state index is 12.6. The Hall–Kier alpha value is -0.296. The van der Waals surface area contributed by atoms with Crippen LogP contribution in [-0.4, -0.2) is 75.6 Å². The molecule has 0 radical (unpaired) electrons. The van der Waals surface area contributed by atoms with Crippen molar-refractivity contribution in [2.45, 2.75) is 187 Å².